The minimum Gasteiger partial charge on any atom is -0.481 e. The molecule has 1 heterocycles. The second kappa shape index (κ2) is 8.33. The summed E-state index contributed by atoms with van der Waals surface area (Å²) in [6.07, 6.45) is 0.0333. The topological polar surface area (TPSA) is 60.9 Å². The van der Waals surface area contributed by atoms with Crippen LogP contribution in [0, 0.1) is 5.92 Å². The third-order valence-electron chi connectivity index (χ3n) is 4.35. The summed E-state index contributed by atoms with van der Waals surface area (Å²) >= 11 is 0. The molecule has 2 rings (SSSR count). The molecule has 25 heavy (non-hydrogen) atoms. The maximum atomic E-state index is 13.3. The van der Waals surface area contributed by atoms with Gasteiger partial charge in [-0.25, -0.2) is 9.29 Å². The smallest absolute Gasteiger partial charge is 0.333 e. The highest BCUT2D eigenvalue weighted by molar-refractivity contribution is 5.82. The molecule has 0 saturated carbocycles. The number of aliphatic carboxylic acids is 1. The molecule has 1 N–H and O–H groups in total. The van der Waals surface area contributed by atoms with E-state index in [-0.39, 0.29) is 44.9 Å². The summed E-state index contributed by atoms with van der Waals surface area (Å²) < 4.78 is 38.9. The van der Waals surface area contributed by atoms with Crippen LogP contribution in [0.2, 0.25) is 0 Å². The van der Waals surface area contributed by atoms with E-state index < -0.39 is 24.6 Å². The first-order valence-corrected chi connectivity index (χ1v) is 8.07. The van der Waals surface area contributed by atoms with Crippen molar-refractivity contribution in [1.29, 1.82) is 0 Å². The summed E-state index contributed by atoms with van der Waals surface area (Å²) in [7, 11) is 0. The molecule has 1 saturated heterocycles. The van der Waals surface area contributed by atoms with Gasteiger partial charge in [0.15, 0.2) is 6.67 Å². The van der Waals surface area contributed by atoms with Gasteiger partial charge in [-0.1, -0.05) is 30.3 Å². The van der Waals surface area contributed by atoms with Crippen LogP contribution in [0.15, 0.2) is 30.3 Å². The predicted octanol–water partition coefficient (Wildman–Crippen LogP) is 2.03. The van der Waals surface area contributed by atoms with E-state index in [0.29, 0.717) is 4.90 Å². The zero-order chi connectivity index (χ0) is 18.4. The van der Waals surface area contributed by atoms with Crippen molar-refractivity contribution in [2.24, 2.45) is 5.92 Å². The lowest BCUT2D eigenvalue weighted by Gasteiger charge is -2.38. The van der Waals surface area contributed by atoms with Crippen molar-refractivity contribution in [1.82, 2.24) is 9.80 Å². The Bertz CT molecular complexity index is 590. The quantitative estimate of drug-likeness (QED) is 0.758. The molecule has 1 aliphatic heterocycles. The van der Waals surface area contributed by atoms with Crippen LogP contribution >= 0.6 is 0 Å². The molecule has 1 aliphatic rings. The molecule has 1 fully saturated rings. The van der Waals surface area contributed by atoms with Crippen molar-refractivity contribution in [3.63, 3.8) is 0 Å². The number of carboxylic acid groups (broad SMARTS) is 1. The Morgan fingerprint density at radius 2 is 1.72 bits per heavy atom. The van der Waals surface area contributed by atoms with E-state index in [1.807, 2.05) is 6.07 Å². The van der Waals surface area contributed by atoms with Crippen molar-refractivity contribution < 1.29 is 27.9 Å². The van der Waals surface area contributed by atoms with Crippen LogP contribution in [-0.2, 0) is 16.0 Å². The van der Waals surface area contributed by atoms with Gasteiger partial charge >= 0.3 is 12.0 Å². The molecular formula is C17H21F3N2O3. The predicted molar refractivity (Wildman–Crippen MR) is 85.0 cm³/mol. The number of halogens is 3. The van der Waals surface area contributed by atoms with Gasteiger partial charge in [0.05, 0.1) is 5.92 Å². The molecule has 138 valence electrons. The van der Waals surface area contributed by atoms with Crippen LogP contribution in [0.1, 0.15) is 12.0 Å². The van der Waals surface area contributed by atoms with Crippen LogP contribution in [0.4, 0.5) is 13.2 Å². The Morgan fingerprint density at radius 3 is 2.24 bits per heavy atom. The highest BCUT2D eigenvalue weighted by atomic mass is 19.3. The van der Waals surface area contributed by atoms with E-state index in [1.54, 1.807) is 24.3 Å². The minimum atomic E-state index is -3.52. The average molecular weight is 358 g/mol. The van der Waals surface area contributed by atoms with Gasteiger partial charge in [-0.15, -0.1) is 0 Å². The number of hydrogen-bond acceptors (Lipinski definition) is 3. The third-order valence-corrected chi connectivity index (χ3v) is 4.35. The fourth-order valence-corrected chi connectivity index (χ4v) is 2.85. The Labute approximate surface area is 144 Å². The lowest BCUT2D eigenvalue weighted by atomic mass is 9.95. The summed E-state index contributed by atoms with van der Waals surface area (Å²) in [4.78, 5) is 25.8. The number of piperazine rings is 1. The normalized spacial score (nSPS) is 17.3. The molecule has 1 atom stereocenters. The number of carbonyl (C=O) groups excluding carboxylic acids is 1. The molecule has 0 aliphatic carbocycles. The molecule has 1 aromatic carbocycles. The van der Waals surface area contributed by atoms with Crippen LogP contribution in [0.25, 0.3) is 0 Å². The van der Waals surface area contributed by atoms with Crippen molar-refractivity contribution in [2.45, 2.75) is 18.9 Å². The average Bonchev–Trinajstić information content (AvgIpc) is 2.62. The first-order chi connectivity index (χ1) is 11.8. The first-order valence-electron chi connectivity index (χ1n) is 8.07. The van der Waals surface area contributed by atoms with Crippen LogP contribution in [0.3, 0.4) is 0 Å². The maximum absolute atomic E-state index is 13.3. The van der Waals surface area contributed by atoms with Crippen LogP contribution < -0.4 is 0 Å². The largest absolute Gasteiger partial charge is 0.481 e. The summed E-state index contributed by atoms with van der Waals surface area (Å²) in [5, 5.41) is 9.34. The fraction of sp³-hybridized carbons (Fsp3) is 0.529. The van der Waals surface area contributed by atoms with Crippen LogP contribution in [0.5, 0.6) is 0 Å². The van der Waals surface area contributed by atoms with Gasteiger partial charge in [-0.2, -0.15) is 8.78 Å². The molecule has 1 aromatic rings. The van der Waals surface area contributed by atoms with Gasteiger partial charge in [0.25, 0.3) is 0 Å². The third kappa shape index (κ3) is 5.19. The summed E-state index contributed by atoms with van der Waals surface area (Å²) in [5.74, 6) is -2.33. The molecule has 8 heteroatoms. The van der Waals surface area contributed by atoms with Gasteiger partial charge in [0.1, 0.15) is 0 Å². The molecule has 5 nitrogen and oxygen atoms in total. The number of benzene rings is 1. The zero-order valence-electron chi connectivity index (χ0n) is 13.7. The van der Waals surface area contributed by atoms with Crippen molar-refractivity contribution in [2.75, 3.05) is 32.9 Å². The van der Waals surface area contributed by atoms with E-state index in [4.69, 9.17) is 0 Å². The molecular weight excluding hydrogens is 337 g/mol. The monoisotopic (exact) mass is 358 g/mol. The van der Waals surface area contributed by atoms with E-state index in [1.165, 1.54) is 4.90 Å². The highest BCUT2D eigenvalue weighted by Gasteiger charge is 2.39. The van der Waals surface area contributed by atoms with E-state index in [0.717, 1.165) is 5.56 Å². The Hall–Kier alpha value is -2.09. The number of amides is 1. The SMILES string of the molecule is O=C(O)[C@@H](CC(=O)N1CCN(C(F)(F)CF)CC1)Cc1ccccc1. The number of carbonyl (C=O) groups is 2. The summed E-state index contributed by atoms with van der Waals surface area (Å²) in [5.41, 5.74) is 0.815. The molecule has 0 radical (unpaired) electrons. The molecule has 1 amide bonds. The minimum absolute atomic E-state index is 0.0338. The standard InChI is InChI=1S/C17H21F3N2O3/c18-12-17(19,20)22-8-6-21(7-9-22)15(23)11-14(16(24)25)10-13-4-2-1-3-5-13/h1-5,14H,6-12H2,(H,24,25)/t14-/m1/s1. The fourth-order valence-electron chi connectivity index (χ4n) is 2.85. The second-order valence-corrected chi connectivity index (χ2v) is 6.10. The van der Waals surface area contributed by atoms with Crippen molar-refractivity contribution in [3.8, 4) is 0 Å². The van der Waals surface area contributed by atoms with E-state index in [2.05, 4.69) is 0 Å². The van der Waals surface area contributed by atoms with E-state index in [9.17, 15) is 27.9 Å². The van der Waals surface area contributed by atoms with E-state index >= 15 is 0 Å². The number of alkyl halides is 3. The van der Waals surface area contributed by atoms with Crippen LogP contribution in [-0.4, -0.2) is 65.7 Å². The van der Waals surface area contributed by atoms with Gasteiger partial charge in [-0.05, 0) is 12.0 Å². The lowest BCUT2D eigenvalue weighted by molar-refractivity contribution is -0.173. The van der Waals surface area contributed by atoms with Crippen molar-refractivity contribution in [3.05, 3.63) is 35.9 Å². The molecule has 0 spiro atoms. The second-order valence-electron chi connectivity index (χ2n) is 6.10. The first kappa shape index (κ1) is 19.2. The number of nitrogens with zero attached hydrogens (tertiary/aromatic N) is 2. The number of carboxylic acids is 1. The van der Waals surface area contributed by atoms with Gasteiger partial charge in [-0.3, -0.25) is 9.59 Å². The Morgan fingerprint density at radius 1 is 1.12 bits per heavy atom. The molecule has 0 bridgehead atoms. The van der Waals surface area contributed by atoms with Gasteiger partial charge < -0.3 is 10.0 Å². The Kier molecular flexibility index (Phi) is 6.41. The number of rotatable bonds is 7. The maximum Gasteiger partial charge on any atom is 0.333 e. The Balaban J connectivity index is 1.90. The van der Waals surface area contributed by atoms with Gasteiger partial charge in [0.2, 0.25) is 5.91 Å². The molecule has 0 unspecified atom stereocenters. The number of hydrogen-bond donors (Lipinski definition) is 1. The van der Waals surface area contributed by atoms with Crippen molar-refractivity contribution >= 4 is 11.9 Å². The lowest BCUT2D eigenvalue weighted by Crippen LogP contribution is -2.55. The highest BCUT2D eigenvalue weighted by Crippen LogP contribution is 2.22. The molecule has 0 aromatic heterocycles. The summed E-state index contributed by atoms with van der Waals surface area (Å²) in [6.45, 7) is -1.98. The van der Waals surface area contributed by atoms with Gasteiger partial charge in [0, 0.05) is 32.6 Å². The zero-order valence-corrected chi connectivity index (χ0v) is 13.7. The summed E-state index contributed by atoms with van der Waals surface area (Å²) in [6, 6.07) is 5.46.